The van der Waals surface area contributed by atoms with Crippen LogP contribution in [0.3, 0.4) is 0 Å². The van der Waals surface area contributed by atoms with Gasteiger partial charge in [0, 0.05) is 17.8 Å². The van der Waals surface area contributed by atoms with Crippen molar-refractivity contribution >= 4 is 23.1 Å². The van der Waals surface area contributed by atoms with Gasteiger partial charge in [0.1, 0.15) is 5.78 Å². The van der Waals surface area contributed by atoms with Gasteiger partial charge in [-0.1, -0.05) is 6.07 Å². The van der Waals surface area contributed by atoms with Gasteiger partial charge in [0.2, 0.25) is 5.91 Å². The second-order valence-corrected chi connectivity index (χ2v) is 3.63. The molecule has 0 aliphatic rings. The topological polar surface area (TPSA) is 89.3 Å². The van der Waals surface area contributed by atoms with E-state index in [-0.39, 0.29) is 11.5 Å². The maximum Gasteiger partial charge on any atom is 0.271 e. The van der Waals surface area contributed by atoms with Crippen molar-refractivity contribution in [1.82, 2.24) is 0 Å². The van der Waals surface area contributed by atoms with Crippen molar-refractivity contribution in [2.24, 2.45) is 5.92 Å². The molecule has 1 amide bonds. The predicted octanol–water partition coefficient (Wildman–Crippen LogP) is 1.76. The summed E-state index contributed by atoms with van der Waals surface area (Å²) in [4.78, 5) is 32.5. The Hall–Kier alpha value is -2.24. The summed E-state index contributed by atoms with van der Waals surface area (Å²) in [5, 5.41) is 13.0. The van der Waals surface area contributed by atoms with E-state index in [4.69, 9.17) is 0 Å². The monoisotopic (exact) mass is 236 g/mol. The van der Waals surface area contributed by atoms with Crippen LogP contribution in [0.4, 0.5) is 11.4 Å². The fourth-order valence-electron chi connectivity index (χ4n) is 1.13. The van der Waals surface area contributed by atoms with E-state index in [0.29, 0.717) is 5.69 Å². The van der Waals surface area contributed by atoms with Crippen molar-refractivity contribution in [3.05, 3.63) is 34.4 Å². The minimum Gasteiger partial charge on any atom is -0.325 e. The van der Waals surface area contributed by atoms with Gasteiger partial charge in [0.15, 0.2) is 0 Å². The molecule has 0 aromatic heterocycles. The number of hydrogen-bond acceptors (Lipinski definition) is 4. The highest BCUT2D eigenvalue weighted by Crippen LogP contribution is 2.17. The molecular formula is C11H12N2O4. The van der Waals surface area contributed by atoms with Gasteiger partial charge < -0.3 is 5.32 Å². The minimum atomic E-state index is -0.769. The molecule has 0 spiro atoms. The fourth-order valence-corrected chi connectivity index (χ4v) is 1.13. The van der Waals surface area contributed by atoms with E-state index >= 15 is 0 Å². The van der Waals surface area contributed by atoms with Crippen LogP contribution < -0.4 is 5.32 Å². The number of non-ortho nitro benzene ring substituents is 1. The van der Waals surface area contributed by atoms with Gasteiger partial charge in [-0.25, -0.2) is 0 Å². The van der Waals surface area contributed by atoms with E-state index in [0.717, 1.165) is 0 Å². The Bertz CT molecular complexity index is 470. The number of carbonyl (C=O) groups excluding carboxylic acids is 2. The van der Waals surface area contributed by atoms with E-state index < -0.39 is 16.7 Å². The van der Waals surface area contributed by atoms with Gasteiger partial charge in [-0.05, 0) is 19.9 Å². The maximum absolute atomic E-state index is 11.5. The molecular weight excluding hydrogens is 224 g/mol. The number of nitrogens with one attached hydrogen (secondary N) is 1. The van der Waals surface area contributed by atoms with Crippen LogP contribution in [0.1, 0.15) is 13.8 Å². The van der Waals surface area contributed by atoms with Crippen LogP contribution in [0.2, 0.25) is 0 Å². The third-order valence-electron chi connectivity index (χ3n) is 2.33. The Morgan fingerprint density at radius 1 is 1.41 bits per heavy atom. The van der Waals surface area contributed by atoms with Crippen LogP contribution in [-0.4, -0.2) is 16.6 Å². The zero-order chi connectivity index (χ0) is 13.0. The number of hydrogen-bond donors (Lipinski definition) is 1. The van der Waals surface area contributed by atoms with Crippen LogP contribution in [0, 0.1) is 16.0 Å². The summed E-state index contributed by atoms with van der Waals surface area (Å²) in [5.74, 6) is -1.50. The van der Waals surface area contributed by atoms with Crippen molar-refractivity contribution in [1.29, 1.82) is 0 Å². The molecule has 1 aromatic carbocycles. The second kappa shape index (κ2) is 5.20. The first-order valence-corrected chi connectivity index (χ1v) is 4.97. The van der Waals surface area contributed by atoms with Crippen molar-refractivity contribution in [3.63, 3.8) is 0 Å². The Balaban J connectivity index is 2.82. The van der Waals surface area contributed by atoms with Crippen molar-refractivity contribution in [3.8, 4) is 0 Å². The van der Waals surface area contributed by atoms with Gasteiger partial charge in [0.25, 0.3) is 5.69 Å². The van der Waals surface area contributed by atoms with Gasteiger partial charge in [-0.2, -0.15) is 0 Å². The average Bonchev–Trinajstić information content (AvgIpc) is 2.28. The molecule has 1 aromatic rings. The smallest absolute Gasteiger partial charge is 0.271 e. The Morgan fingerprint density at radius 2 is 2.06 bits per heavy atom. The summed E-state index contributed by atoms with van der Waals surface area (Å²) in [5.41, 5.74) is 0.190. The molecule has 0 aliphatic carbocycles. The third-order valence-corrected chi connectivity index (χ3v) is 2.33. The normalized spacial score (nSPS) is 11.6. The van der Waals surface area contributed by atoms with Crippen molar-refractivity contribution in [2.75, 3.05) is 5.32 Å². The molecule has 0 aliphatic heterocycles. The lowest BCUT2D eigenvalue weighted by Gasteiger charge is -2.08. The number of nitro groups is 1. The average molecular weight is 236 g/mol. The second-order valence-electron chi connectivity index (χ2n) is 3.63. The van der Waals surface area contributed by atoms with Crippen LogP contribution in [0.15, 0.2) is 24.3 Å². The molecule has 6 heteroatoms. The lowest BCUT2D eigenvalue weighted by Crippen LogP contribution is -2.25. The number of benzene rings is 1. The summed E-state index contributed by atoms with van der Waals surface area (Å²) in [7, 11) is 0. The molecule has 1 unspecified atom stereocenters. The highest BCUT2D eigenvalue weighted by atomic mass is 16.6. The molecule has 0 bridgehead atoms. The number of ketones is 1. The van der Waals surface area contributed by atoms with E-state index in [1.54, 1.807) is 0 Å². The fraction of sp³-hybridized carbons (Fsp3) is 0.273. The number of amides is 1. The number of nitrogens with zero attached hydrogens (tertiary/aromatic N) is 1. The van der Waals surface area contributed by atoms with Crippen LogP contribution in [0.25, 0.3) is 0 Å². The van der Waals surface area contributed by atoms with E-state index in [1.165, 1.54) is 38.1 Å². The van der Waals surface area contributed by atoms with Crippen LogP contribution in [-0.2, 0) is 9.59 Å². The third kappa shape index (κ3) is 3.37. The van der Waals surface area contributed by atoms with Crippen molar-refractivity contribution in [2.45, 2.75) is 13.8 Å². The molecule has 0 saturated heterocycles. The first-order valence-electron chi connectivity index (χ1n) is 4.97. The lowest BCUT2D eigenvalue weighted by molar-refractivity contribution is -0.384. The van der Waals surface area contributed by atoms with Crippen molar-refractivity contribution < 1.29 is 14.5 Å². The minimum absolute atomic E-state index is 0.113. The van der Waals surface area contributed by atoms with Crippen LogP contribution in [0.5, 0.6) is 0 Å². The van der Waals surface area contributed by atoms with E-state index in [1.807, 2.05) is 0 Å². The molecule has 1 atom stereocenters. The molecule has 6 nitrogen and oxygen atoms in total. The molecule has 1 N–H and O–H groups in total. The Morgan fingerprint density at radius 3 is 2.59 bits per heavy atom. The number of nitro benzene ring substituents is 1. The summed E-state index contributed by atoms with van der Waals surface area (Å²) in [6, 6.07) is 5.55. The maximum atomic E-state index is 11.5. The zero-order valence-electron chi connectivity index (χ0n) is 9.47. The summed E-state index contributed by atoms with van der Waals surface area (Å²) < 4.78 is 0. The molecule has 0 fully saturated rings. The van der Waals surface area contributed by atoms with Gasteiger partial charge in [-0.15, -0.1) is 0 Å². The van der Waals surface area contributed by atoms with Gasteiger partial charge in [0.05, 0.1) is 10.8 Å². The molecule has 1 rings (SSSR count). The predicted molar refractivity (Wildman–Crippen MR) is 61.6 cm³/mol. The number of rotatable bonds is 4. The SMILES string of the molecule is CC(=O)C(C)C(=O)Nc1cccc([N+](=O)[O-])c1. The first kappa shape index (κ1) is 12.8. The van der Waals surface area contributed by atoms with E-state index in [2.05, 4.69) is 5.32 Å². The first-order chi connectivity index (χ1) is 7.91. The Kier molecular flexibility index (Phi) is 3.92. The van der Waals surface area contributed by atoms with Gasteiger partial charge >= 0.3 is 0 Å². The van der Waals surface area contributed by atoms with Gasteiger partial charge in [-0.3, -0.25) is 19.7 Å². The summed E-state index contributed by atoms with van der Waals surface area (Å²) >= 11 is 0. The standard InChI is InChI=1S/C11H12N2O4/c1-7(8(2)14)11(15)12-9-4-3-5-10(6-9)13(16)17/h3-7H,1-2H3,(H,12,15). The molecule has 0 radical (unpaired) electrons. The number of anilines is 1. The Labute approximate surface area is 97.8 Å². The highest BCUT2D eigenvalue weighted by molar-refractivity contribution is 6.06. The largest absolute Gasteiger partial charge is 0.325 e. The molecule has 90 valence electrons. The summed E-state index contributed by atoms with van der Waals surface area (Å²) in [6.07, 6.45) is 0. The molecule has 0 saturated carbocycles. The molecule has 17 heavy (non-hydrogen) atoms. The number of carbonyl (C=O) groups is 2. The van der Waals surface area contributed by atoms with Crippen LogP contribution >= 0.6 is 0 Å². The van der Waals surface area contributed by atoms with E-state index in [9.17, 15) is 19.7 Å². The molecule has 0 heterocycles. The zero-order valence-corrected chi connectivity index (χ0v) is 9.47. The summed E-state index contributed by atoms with van der Waals surface area (Å²) in [6.45, 7) is 2.80. The quantitative estimate of drug-likeness (QED) is 0.490. The lowest BCUT2D eigenvalue weighted by atomic mass is 10.1. The highest BCUT2D eigenvalue weighted by Gasteiger charge is 2.18. The number of Topliss-reactive ketones (excluding diaryl/α,β-unsaturated/α-hetero) is 1.